The standard InChI is InChI=1S/C126H152F8N4O10/c1-11-21-31-41-59-139-105-73-85-81-69-93(105)97-51-55-101(135-97)113(115-117(127)121(131)125(122(132)118(115)128)147-67-49-39-29-19-9)102-56-52-99(136-102)95-71-83-84-72-96(108(142-62-44-34-24-14-4)76-88(84)92-80-112(146-66-48-38-28-18-8)111(145-65-47-37-27-17-7)79-91(92)87(83)75-107(95)141-61-43-33-23-13-3)100-54-58-104(138-100)114(116-119(129)123(133)126(124(134)120(116)130)148-68-50-40-30-20-10)103-57-53-98(137-103)94-70-82(81)86(74-106(94)140-60-42-32-22-12-2)90-78-110(144-64-46-36-26-16-6)109(77-89(85)90)143-63-45-35-25-15-5/h51-58,69-80,135,138H,11-50,59-68H2,1-10H3. The molecule has 15 rings (SSSR count). The molecule has 2 aromatic heterocycles. The normalized spacial score (nSPS) is 12.9. The van der Waals surface area contributed by atoms with Crippen molar-refractivity contribution < 1.29 is 82.5 Å². The fourth-order valence-corrected chi connectivity index (χ4v) is 20.4. The van der Waals surface area contributed by atoms with E-state index in [1.165, 1.54) is 0 Å². The first-order valence-corrected chi connectivity index (χ1v) is 56.0. The van der Waals surface area contributed by atoms with Crippen LogP contribution in [0.4, 0.5) is 35.1 Å². The SMILES string of the molecule is CCCCCCOc1cc2c(cc1OCCCCCC)c1cc(OCCCCCC)c3cc1c1cc(c(OCCCCCC)cc21)=C1C=CC(=N1)C(c1c(F)c(F)c(OCCCCCC)c(F)c1F)=c1ccc([nH]1)=c1cc2c(cc1OCCCCCC)c1cc(OCCCCCC)c(OCCCCCC)cc1c1cc(OCCCCCC)c(cc12)=C1C=CC(=N1)C(c1c(F)c(F)c(OCCCCCC)c(F)c1F)=c1ccc=3[nH]1. The molecule has 5 heterocycles. The largest absolute Gasteiger partial charge is 0.493 e. The number of ether oxygens (including phenoxy) is 10. The van der Waals surface area contributed by atoms with Crippen LogP contribution < -0.4 is 68.5 Å². The molecular weight excluding hydrogens is 1880 g/mol. The van der Waals surface area contributed by atoms with E-state index in [-0.39, 0.29) is 84.3 Å². The summed E-state index contributed by atoms with van der Waals surface area (Å²) in [6.07, 6.45) is 41.0. The van der Waals surface area contributed by atoms with Gasteiger partial charge in [-0.1, -0.05) is 262 Å². The van der Waals surface area contributed by atoms with Crippen molar-refractivity contribution in [3.8, 4) is 57.5 Å². The van der Waals surface area contributed by atoms with Crippen molar-refractivity contribution in [2.45, 2.75) is 326 Å². The molecule has 0 radical (unpaired) electrons. The minimum atomic E-state index is -1.72. The number of H-pyrrole nitrogens is 2. The Morgan fingerprint density at radius 3 is 0.615 bits per heavy atom. The molecule has 792 valence electrons. The van der Waals surface area contributed by atoms with Gasteiger partial charge in [0.2, 0.25) is 23.3 Å². The van der Waals surface area contributed by atoms with E-state index < -0.39 is 69.2 Å². The average molecular weight is 2030 g/mol. The molecule has 148 heavy (non-hydrogen) atoms. The van der Waals surface area contributed by atoms with Gasteiger partial charge < -0.3 is 57.3 Å². The summed E-state index contributed by atoms with van der Waals surface area (Å²) < 4.78 is 212. The van der Waals surface area contributed by atoms with Gasteiger partial charge in [0.1, 0.15) is 23.0 Å². The number of hydrogen-bond acceptors (Lipinski definition) is 12. The maximum absolute atomic E-state index is 18.4. The summed E-state index contributed by atoms with van der Waals surface area (Å²) in [7, 11) is 0. The molecule has 3 aliphatic rings. The van der Waals surface area contributed by atoms with Gasteiger partial charge in [-0.3, -0.25) is 0 Å². The molecule has 10 aromatic carbocycles. The van der Waals surface area contributed by atoms with Crippen molar-refractivity contribution in [2.75, 3.05) is 66.1 Å². The summed E-state index contributed by atoms with van der Waals surface area (Å²) in [5, 5.41) is 11.1. The Balaban J connectivity index is 1.16. The lowest BCUT2D eigenvalue weighted by molar-refractivity contribution is 0.259. The van der Waals surface area contributed by atoms with E-state index in [1.54, 1.807) is 48.6 Å². The molecule has 0 saturated heterocycles. The highest BCUT2D eigenvalue weighted by molar-refractivity contribution is 6.33. The molecule has 16 bridgehead atoms. The van der Waals surface area contributed by atoms with E-state index in [4.69, 9.17) is 57.4 Å². The zero-order valence-electron chi connectivity index (χ0n) is 88.9. The number of nitrogens with one attached hydrogen (secondary N) is 2. The predicted octanol–water partition coefficient (Wildman–Crippen LogP) is 32.9. The Bertz CT molecular complexity index is 6800. The Labute approximate surface area is 866 Å². The molecule has 0 fully saturated rings. The maximum atomic E-state index is 18.4. The van der Waals surface area contributed by atoms with E-state index >= 15 is 35.1 Å². The van der Waals surface area contributed by atoms with Crippen molar-refractivity contribution in [2.24, 2.45) is 9.98 Å². The highest BCUT2D eigenvalue weighted by Gasteiger charge is 2.35. The quantitative estimate of drug-likeness (QED) is 0.0163. The number of allylic oxidation sites excluding steroid dienone is 2. The second kappa shape index (κ2) is 55.0. The first kappa shape index (κ1) is 110. The lowest BCUT2D eigenvalue weighted by Crippen LogP contribution is -2.19. The van der Waals surface area contributed by atoms with Crippen molar-refractivity contribution >= 4 is 98.6 Å². The van der Waals surface area contributed by atoms with Gasteiger partial charge in [0.25, 0.3) is 0 Å². The monoisotopic (exact) mass is 2030 g/mol. The smallest absolute Gasteiger partial charge is 0.204 e. The van der Waals surface area contributed by atoms with E-state index in [0.29, 0.717) is 198 Å². The number of aromatic amines is 2. The Morgan fingerprint density at radius 2 is 0.385 bits per heavy atom. The van der Waals surface area contributed by atoms with Crippen LogP contribution in [0.1, 0.15) is 337 Å². The van der Waals surface area contributed by atoms with Crippen LogP contribution in [0.25, 0.3) is 87.2 Å². The average Bonchev–Trinajstić information content (AvgIpc) is 1.04. The van der Waals surface area contributed by atoms with Gasteiger partial charge in [0.05, 0.1) is 100 Å². The third kappa shape index (κ3) is 26.0. The third-order valence-electron chi connectivity index (χ3n) is 28.7. The summed E-state index contributed by atoms with van der Waals surface area (Å²) in [4.78, 5) is 18.0. The van der Waals surface area contributed by atoms with E-state index in [1.807, 2.05) is 86.6 Å². The molecule has 2 N–H and O–H groups in total. The molecular formula is C126H152F8N4O10. The fourth-order valence-electron chi connectivity index (χ4n) is 20.4. The van der Waals surface area contributed by atoms with Gasteiger partial charge in [-0.15, -0.1) is 0 Å². The minimum Gasteiger partial charge on any atom is -0.493 e. The number of nitrogens with zero attached hydrogens (tertiary/aromatic N) is 2. The summed E-state index contributed by atoms with van der Waals surface area (Å²) in [5.41, 5.74) is -2.33. The second-order valence-electron chi connectivity index (χ2n) is 40.0. The number of unbranched alkanes of at least 4 members (excludes halogenated alkanes) is 30. The molecule has 0 aliphatic carbocycles. The molecule has 0 atom stereocenters. The lowest BCUT2D eigenvalue weighted by atomic mass is 9.92. The molecule has 0 saturated carbocycles. The first-order chi connectivity index (χ1) is 72.4. The number of halogens is 8. The van der Waals surface area contributed by atoms with E-state index in [9.17, 15) is 0 Å². The van der Waals surface area contributed by atoms with Crippen LogP contribution in [0.2, 0.25) is 0 Å². The van der Waals surface area contributed by atoms with Crippen molar-refractivity contribution in [3.63, 3.8) is 0 Å². The van der Waals surface area contributed by atoms with Gasteiger partial charge in [-0.2, -0.15) is 17.6 Å². The molecule has 12 aromatic rings. The highest BCUT2D eigenvalue weighted by atomic mass is 19.2. The number of aromatic nitrogens is 2. The van der Waals surface area contributed by atoms with Crippen LogP contribution in [-0.4, -0.2) is 87.5 Å². The molecule has 0 spiro atoms. The van der Waals surface area contributed by atoms with Crippen LogP contribution in [-0.2, 0) is 0 Å². The van der Waals surface area contributed by atoms with Crippen LogP contribution in [0, 0.1) is 67.7 Å². The Hall–Kier alpha value is -11.9. The maximum Gasteiger partial charge on any atom is 0.204 e. The van der Waals surface area contributed by atoms with Crippen molar-refractivity contribution in [1.82, 2.24) is 9.97 Å². The van der Waals surface area contributed by atoms with Crippen molar-refractivity contribution in [3.05, 3.63) is 221 Å². The first-order valence-electron chi connectivity index (χ1n) is 56.0. The lowest BCUT2D eigenvalue weighted by Gasteiger charge is -2.19. The van der Waals surface area contributed by atoms with Crippen LogP contribution in [0.15, 0.2) is 131 Å². The molecule has 3 aliphatic heterocycles. The summed E-state index contributed by atoms with van der Waals surface area (Å²) in [6.45, 7) is 23.6. The summed E-state index contributed by atoms with van der Waals surface area (Å²) in [6, 6.07) is 30.9. The Morgan fingerprint density at radius 1 is 0.196 bits per heavy atom. The van der Waals surface area contributed by atoms with Gasteiger partial charge in [0, 0.05) is 53.4 Å². The molecule has 0 amide bonds. The molecule has 14 nitrogen and oxygen atoms in total. The van der Waals surface area contributed by atoms with Crippen molar-refractivity contribution in [1.29, 1.82) is 0 Å². The fraction of sp³-hybridized carbons (Fsp3) is 0.476. The van der Waals surface area contributed by atoms with Gasteiger partial charge in [0.15, 0.2) is 57.8 Å². The summed E-state index contributed by atoms with van der Waals surface area (Å²) >= 11 is 0. The van der Waals surface area contributed by atoms with Crippen LogP contribution >= 0.6 is 0 Å². The zero-order valence-corrected chi connectivity index (χ0v) is 88.9. The van der Waals surface area contributed by atoms with Crippen LogP contribution in [0.3, 0.4) is 0 Å². The van der Waals surface area contributed by atoms with E-state index in [2.05, 4.69) is 65.4 Å². The number of rotatable bonds is 62. The Kier molecular flexibility index (Phi) is 41.0. The number of aliphatic imine (C=N–C) groups is 2. The molecule has 22 heteroatoms. The second-order valence-corrected chi connectivity index (χ2v) is 40.0. The highest BCUT2D eigenvalue weighted by Crippen LogP contribution is 2.48. The predicted molar refractivity (Wildman–Crippen MR) is 587 cm³/mol. The molecule has 0 unspecified atom stereocenters. The minimum absolute atomic E-state index is 0.0234. The number of fused-ring (bicyclic) bond motifs is 16. The van der Waals surface area contributed by atoms with Crippen LogP contribution in [0.5, 0.6) is 57.5 Å². The van der Waals surface area contributed by atoms with Gasteiger partial charge >= 0.3 is 0 Å². The van der Waals surface area contributed by atoms with E-state index in [0.717, 1.165) is 227 Å². The third-order valence-corrected chi connectivity index (χ3v) is 28.7. The topological polar surface area (TPSA) is 149 Å². The summed E-state index contributed by atoms with van der Waals surface area (Å²) in [5.74, 6) is -12.3. The number of hydrogen-bond donors (Lipinski definition) is 2. The number of benzene rings is 10. The van der Waals surface area contributed by atoms with Gasteiger partial charge in [-0.25, -0.2) is 27.5 Å². The van der Waals surface area contributed by atoms with Gasteiger partial charge in [-0.05, 0) is 250 Å². The zero-order chi connectivity index (χ0) is 104.